The molecule has 100 valence electrons. The van der Waals surface area contributed by atoms with Gasteiger partial charge in [-0.2, -0.15) is 5.06 Å². The van der Waals surface area contributed by atoms with E-state index in [0.29, 0.717) is 18.1 Å². The topological polar surface area (TPSA) is 42.4 Å². The number of hydroxylamine groups is 1. The number of unbranched alkanes of at least 4 members (excludes halogenated alkanes) is 1. The number of hydrogen-bond acceptors (Lipinski definition) is 4. The Morgan fingerprint density at radius 3 is 2.94 bits per heavy atom. The minimum atomic E-state index is 0.536. The maximum Gasteiger partial charge on any atom is 0.240 e. The molecule has 0 radical (unpaired) electrons. The van der Waals surface area contributed by atoms with Gasteiger partial charge in [0.05, 0.1) is 12.3 Å². The first-order valence-corrected chi connectivity index (χ1v) is 7.11. The van der Waals surface area contributed by atoms with Gasteiger partial charge in [-0.3, -0.25) is 9.63 Å². The molecule has 1 rings (SSSR count). The van der Waals surface area contributed by atoms with Crippen LogP contribution in [0.4, 0.5) is 5.13 Å². The quantitative estimate of drug-likeness (QED) is 0.410. The predicted molar refractivity (Wildman–Crippen MR) is 75.5 cm³/mol. The van der Waals surface area contributed by atoms with Crippen molar-refractivity contribution in [2.24, 2.45) is 0 Å². The molecule has 0 saturated carbocycles. The molecule has 0 spiro atoms. The summed E-state index contributed by atoms with van der Waals surface area (Å²) < 4.78 is 0. The molecule has 0 saturated heterocycles. The molecule has 0 aliphatic heterocycles. The number of thiazole rings is 1. The smallest absolute Gasteiger partial charge is 0.240 e. The van der Waals surface area contributed by atoms with E-state index in [1.165, 1.54) is 16.4 Å². The second-order valence-corrected chi connectivity index (χ2v) is 4.77. The molecule has 0 atom stereocenters. The van der Waals surface area contributed by atoms with Gasteiger partial charge in [0.2, 0.25) is 11.5 Å². The number of rotatable bonds is 8. The van der Waals surface area contributed by atoms with Crippen LogP contribution in [0.15, 0.2) is 11.5 Å². The molecule has 1 aromatic heterocycles. The molecule has 0 aliphatic rings. The fourth-order valence-electron chi connectivity index (χ4n) is 1.40. The lowest BCUT2D eigenvalue weighted by molar-refractivity contribution is -0.114. The van der Waals surface area contributed by atoms with Crippen molar-refractivity contribution in [2.45, 2.75) is 40.0 Å². The van der Waals surface area contributed by atoms with E-state index in [4.69, 9.17) is 4.84 Å². The Bertz CT molecular complexity index is 401. The summed E-state index contributed by atoms with van der Waals surface area (Å²) in [6.07, 6.45) is 5.72. The summed E-state index contributed by atoms with van der Waals surface area (Å²) in [6.45, 7) is 6.72. The van der Waals surface area contributed by atoms with Crippen LogP contribution in [0, 0.1) is 0 Å². The first-order valence-electron chi connectivity index (χ1n) is 6.23. The predicted octanol–water partition coefficient (Wildman–Crippen LogP) is 3.65. The zero-order valence-corrected chi connectivity index (χ0v) is 12.0. The molecule has 0 aliphatic carbocycles. The number of carbonyl (C=O) groups excluding carboxylic acids is 1. The van der Waals surface area contributed by atoms with Crippen molar-refractivity contribution >= 4 is 28.5 Å². The van der Waals surface area contributed by atoms with Crippen LogP contribution < -0.4 is 5.06 Å². The largest absolute Gasteiger partial charge is 0.276 e. The van der Waals surface area contributed by atoms with Gasteiger partial charge in [0.15, 0.2) is 0 Å². The first-order chi connectivity index (χ1) is 8.72. The summed E-state index contributed by atoms with van der Waals surface area (Å²) >= 11 is 1.41. The lowest BCUT2D eigenvalue weighted by Crippen LogP contribution is -2.21. The summed E-state index contributed by atoms with van der Waals surface area (Å²) in [5, 5.41) is 3.74. The first kappa shape index (κ1) is 14.9. The summed E-state index contributed by atoms with van der Waals surface area (Å²) in [4.78, 5) is 20.7. The molecule has 0 N–H and O–H groups in total. The lowest BCUT2D eigenvalue weighted by Gasteiger charge is -2.12. The van der Waals surface area contributed by atoms with Crippen molar-refractivity contribution in [2.75, 3.05) is 11.7 Å². The van der Waals surface area contributed by atoms with Gasteiger partial charge in [-0.25, -0.2) is 4.98 Å². The van der Waals surface area contributed by atoms with Crippen molar-refractivity contribution in [1.82, 2.24) is 4.98 Å². The van der Waals surface area contributed by atoms with Crippen molar-refractivity contribution in [3.63, 3.8) is 0 Å². The highest BCUT2D eigenvalue weighted by Gasteiger charge is 2.11. The number of amides is 1. The molecule has 18 heavy (non-hydrogen) atoms. The van der Waals surface area contributed by atoms with Crippen LogP contribution in [0.5, 0.6) is 0 Å². The highest BCUT2D eigenvalue weighted by molar-refractivity contribution is 7.14. The number of allylic oxidation sites excluding steroid dienone is 2. The van der Waals surface area contributed by atoms with Crippen molar-refractivity contribution in [1.29, 1.82) is 0 Å². The maximum atomic E-state index is 11.0. The number of nitrogens with zero attached hydrogens (tertiary/aromatic N) is 2. The normalized spacial score (nSPS) is 11.6. The molecular weight excluding hydrogens is 248 g/mol. The van der Waals surface area contributed by atoms with E-state index >= 15 is 0 Å². The SMILES string of the molecule is CCC=C(C)c1csc(N(C=O)OCCCC)n1. The fourth-order valence-corrected chi connectivity index (χ4v) is 2.20. The standard InChI is InChI=1S/C13H20N2O2S/c1-4-6-8-17-15(10-16)13-14-12(9-18-13)11(3)7-5-2/h7,9-10H,4-6,8H2,1-3H3. The minimum absolute atomic E-state index is 0.536. The van der Waals surface area contributed by atoms with Crippen molar-refractivity contribution < 1.29 is 9.63 Å². The Kier molecular flexibility index (Phi) is 6.60. The zero-order chi connectivity index (χ0) is 13.4. The molecule has 1 amide bonds. The van der Waals surface area contributed by atoms with Crippen molar-refractivity contribution in [3.8, 4) is 0 Å². The summed E-state index contributed by atoms with van der Waals surface area (Å²) in [5.41, 5.74) is 2.03. The summed E-state index contributed by atoms with van der Waals surface area (Å²) in [5.74, 6) is 0. The van der Waals surface area contributed by atoms with E-state index in [1.807, 2.05) is 12.3 Å². The molecule has 4 nitrogen and oxygen atoms in total. The second kappa shape index (κ2) is 8.00. The van der Waals surface area contributed by atoms with Crippen LogP contribution in [0.1, 0.15) is 45.7 Å². The Morgan fingerprint density at radius 1 is 1.56 bits per heavy atom. The Hall–Kier alpha value is -1.20. The van der Waals surface area contributed by atoms with Gasteiger partial charge in [0.1, 0.15) is 0 Å². The third-order valence-electron chi connectivity index (χ3n) is 2.42. The second-order valence-electron chi connectivity index (χ2n) is 3.93. The molecule has 0 bridgehead atoms. The monoisotopic (exact) mass is 268 g/mol. The third kappa shape index (κ3) is 4.23. The van der Waals surface area contributed by atoms with Gasteiger partial charge >= 0.3 is 0 Å². The highest BCUT2D eigenvalue weighted by Crippen LogP contribution is 2.24. The van der Waals surface area contributed by atoms with Gasteiger partial charge in [-0.1, -0.05) is 26.3 Å². The Balaban J connectivity index is 2.70. The molecule has 0 aromatic carbocycles. The maximum absolute atomic E-state index is 11.0. The van der Waals surface area contributed by atoms with E-state index in [-0.39, 0.29) is 0 Å². The van der Waals surface area contributed by atoms with E-state index in [9.17, 15) is 4.79 Å². The molecule has 5 heteroatoms. The number of carbonyl (C=O) groups is 1. The van der Waals surface area contributed by atoms with Crippen LogP contribution in [0.3, 0.4) is 0 Å². The molecule has 0 fully saturated rings. The van der Waals surface area contributed by atoms with Gasteiger partial charge < -0.3 is 0 Å². The highest BCUT2D eigenvalue weighted by atomic mass is 32.1. The van der Waals surface area contributed by atoms with Crippen molar-refractivity contribution in [3.05, 3.63) is 17.2 Å². The van der Waals surface area contributed by atoms with Crippen LogP contribution >= 0.6 is 11.3 Å². The number of anilines is 1. The van der Waals surface area contributed by atoms with E-state index in [2.05, 4.69) is 24.9 Å². The summed E-state index contributed by atoms with van der Waals surface area (Å²) in [7, 11) is 0. The molecular formula is C13H20N2O2S. The average molecular weight is 268 g/mol. The van der Waals surface area contributed by atoms with Gasteiger partial charge in [0.25, 0.3) is 0 Å². The van der Waals surface area contributed by atoms with E-state index < -0.39 is 0 Å². The molecule has 0 unspecified atom stereocenters. The number of aromatic nitrogens is 1. The van der Waals surface area contributed by atoms with E-state index in [1.54, 1.807) is 0 Å². The Morgan fingerprint density at radius 2 is 2.33 bits per heavy atom. The van der Waals surface area contributed by atoms with Gasteiger partial charge in [-0.05, 0) is 25.3 Å². The van der Waals surface area contributed by atoms with Crippen LogP contribution in [0.25, 0.3) is 5.57 Å². The average Bonchev–Trinajstić information content (AvgIpc) is 2.84. The van der Waals surface area contributed by atoms with Crippen LogP contribution in [-0.2, 0) is 9.63 Å². The van der Waals surface area contributed by atoms with E-state index in [0.717, 1.165) is 30.5 Å². The zero-order valence-electron chi connectivity index (χ0n) is 11.2. The Labute approximate surface area is 112 Å². The lowest BCUT2D eigenvalue weighted by atomic mass is 10.2. The van der Waals surface area contributed by atoms with Gasteiger partial charge in [-0.15, -0.1) is 11.3 Å². The number of hydrogen-bond donors (Lipinski definition) is 0. The fraction of sp³-hybridized carbons (Fsp3) is 0.538. The van der Waals surface area contributed by atoms with Gasteiger partial charge in [0, 0.05) is 5.38 Å². The molecule has 1 aromatic rings. The summed E-state index contributed by atoms with van der Waals surface area (Å²) in [6, 6.07) is 0. The molecule has 1 heterocycles. The third-order valence-corrected chi connectivity index (χ3v) is 3.24. The minimum Gasteiger partial charge on any atom is -0.276 e. The van der Waals surface area contributed by atoms with Crippen LogP contribution in [-0.4, -0.2) is 18.0 Å². The van der Waals surface area contributed by atoms with Crippen LogP contribution in [0.2, 0.25) is 0 Å².